The fourth-order valence-corrected chi connectivity index (χ4v) is 2.96. The summed E-state index contributed by atoms with van der Waals surface area (Å²) in [4.78, 5) is 25.1. The van der Waals surface area contributed by atoms with Crippen LogP contribution in [0.15, 0.2) is 72.9 Å². The van der Waals surface area contributed by atoms with E-state index in [1.807, 2.05) is 25.1 Å². The summed E-state index contributed by atoms with van der Waals surface area (Å²) in [5, 5.41) is 10.9. The quantitative estimate of drug-likeness (QED) is 0.319. The SMILES string of the molecule is Cc1ccnc2nc(C(C(=O)c3ccccc3)=C(O)c3ccccc3)[nH]c12. The van der Waals surface area contributed by atoms with Gasteiger partial charge in [0.15, 0.2) is 5.65 Å². The number of Topliss-reactive ketones (excluding diaryl/α,β-unsaturated/α-hetero) is 1. The molecule has 27 heavy (non-hydrogen) atoms. The zero-order chi connectivity index (χ0) is 18.8. The van der Waals surface area contributed by atoms with Crippen LogP contribution in [0.4, 0.5) is 0 Å². The molecule has 5 nitrogen and oxygen atoms in total. The average molecular weight is 355 g/mol. The van der Waals surface area contributed by atoms with Crippen LogP contribution in [0.25, 0.3) is 22.5 Å². The molecule has 0 saturated heterocycles. The van der Waals surface area contributed by atoms with Crippen molar-refractivity contribution in [1.29, 1.82) is 0 Å². The van der Waals surface area contributed by atoms with Gasteiger partial charge in [-0.1, -0.05) is 60.7 Å². The number of rotatable bonds is 4. The number of benzene rings is 2. The first-order valence-corrected chi connectivity index (χ1v) is 8.55. The Hall–Kier alpha value is -3.73. The second-order valence-electron chi connectivity index (χ2n) is 6.20. The van der Waals surface area contributed by atoms with E-state index in [0.29, 0.717) is 22.6 Å². The number of aromatic nitrogens is 3. The van der Waals surface area contributed by atoms with Gasteiger partial charge in [-0.25, -0.2) is 9.97 Å². The number of hydrogen-bond acceptors (Lipinski definition) is 4. The first-order valence-electron chi connectivity index (χ1n) is 8.55. The van der Waals surface area contributed by atoms with Crippen LogP contribution in [0.2, 0.25) is 0 Å². The highest BCUT2D eigenvalue weighted by Gasteiger charge is 2.24. The van der Waals surface area contributed by atoms with Crippen molar-refractivity contribution in [2.75, 3.05) is 0 Å². The van der Waals surface area contributed by atoms with E-state index >= 15 is 0 Å². The summed E-state index contributed by atoms with van der Waals surface area (Å²) in [5.74, 6) is -0.142. The third-order valence-electron chi connectivity index (χ3n) is 4.38. The fraction of sp³-hybridized carbons (Fsp3) is 0.0455. The van der Waals surface area contributed by atoms with Gasteiger partial charge in [-0.15, -0.1) is 0 Å². The van der Waals surface area contributed by atoms with Gasteiger partial charge in [0.2, 0.25) is 5.78 Å². The molecule has 0 aliphatic carbocycles. The Balaban J connectivity index is 1.95. The number of aromatic amines is 1. The molecular formula is C22H17N3O2. The van der Waals surface area contributed by atoms with E-state index < -0.39 is 0 Å². The molecule has 0 aliphatic rings. The Labute approximate surface area is 156 Å². The predicted molar refractivity (Wildman–Crippen MR) is 105 cm³/mol. The Bertz CT molecular complexity index is 1150. The van der Waals surface area contributed by atoms with Crippen molar-refractivity contribution in [2.24, 2.45) is 0 Å². The van der Waals surface area contributed by atoms with Crippen LogP contribution >= 0.6 is 0 Å². The number of aliphatic hydroxyl groups is 1. The van der Waals surface area contributed by atoms with Crippen molar-refractivity contribution in [3.05, 3.63) is 95.4 Å². The van der Waals surface area contributed by atoms with Crippen molar-refractivity contribution in [3.8, 4) is 0 Å². The highest BCUT2D eigenvalue weighted by Crippen LogP contribution is 2.28. The van der Waals surface area contributed by atoms with Crippen LogP contribution < -0.4 is 0 Å². The van der Waals surface area contributed by atoms with Crippen LogP contribution in [0.5, 0.6) is 0 Å². The van der Waals surface area contributed by atoms with E-state index in [4.69, 9.17) is 0 Å². The minimum absolute atomic E-state index is 0.116. The molecule has 0 spiro atoms. The largest absolute Gasteiger partial charge is 0.506 e. The minimum Gasteiger partial charge on any atom is -0.506 e. The molecule has 0 fully saturated rings. The van der Waals surface area contributed by atoms with Crippen LogP contribution in [0.1, 0.15) is 27.3 Å². The Morgan fingerprint density at radius 2 is 1.56 bits per heavy atom. The fourth-order valence-electron chi connectivity index (χ4n) is 2.96. The Morgan fingerprint density at radius 3 is 2.19 bits per heavy atom. The van der Waals surface area contributed by atoms with Crippen molar-refractivity contribution in [2.45, 2.75) is 6.92 Å². The molecular weight excluding hydrogens is 338 g/mol. The second-order valence-corrected chi connectivity index (χ2v) is 6.20. The molecule has 0 radical (unpaired) electrons. The maximum absolute atomic E-state index is 13.2. The number of aryl methyl sites for hydroxylation is 1. The third-order valence-corrected chi connectivity index (χ3v) is 4.38. The number of pyridine rings is 1. The smallest absolute Gasteiger partial charge is 0.200 e. The van der Waals surface area contributed by atoms with Crippen molar-refractivity contribution >= 4 is 28.3 Å². The van der Waals surface area contributed by atoms with Crippen LogP contribution in [-0.2, 0) is 0 Å². The summed E-state index contributed by atoms with van der Waals surface area (Å²) in [6, 6.07) is 19.7. The number of ketones is 1. The van der Waals surface area contributed by atoms with Gasteiger partial charge in [-0.3, -0.25) is 4.79 Å². The number of imidazole rings is 1. The number of H-pyrrole nitrogens is 1. The van der Waals surface area contributed by atoms with Gasteiger partial charge in [0, 0.05) is 17.3 Å². The first-order chi connectivity index (χ1) is 13.1. The standard InChI is InChI=1S/C22H17N3O2/c1-14-12-13-23-22-18(14)24-21(25-22)17(19(26)15-8-4-2-5-9-15)20(27)16-10-6-3-7-11-16/h2-13,26H,1H3,(H,23,24,25). The molecule has 4 rings (SSSR count). The molecule has 4 aromatic rings. The average Bonchev–Trinajstić information content (AvgIpc) is 3.14. The zero-order valence-corrected chi connectivity index (χ0v) is 14.7. The van der Waals surface area contributed by atoms with Crippen LogP contribution in [0.3, 0.4) is 0 Å². The number of carbonyl (C=O) groups is 1. The molecule has 2 aromatic carbocycles. The van der Waals surface area contributed by atoms with Gasteiger partial charge in [0.05, 0.1) is 5.52 Å². The highest BCUT2D eigenvalue weighted by molar-refractivity contribution is 6.33. The molecule has 0 atom stereocenters. The van der Waals surface area contributed by atoms with Crippen molar-refractivity contribution < 1.29 is 9.90 Å². The maximum Gasteiger partial charge on any atom is 0.200 e. The molecule has 0 unspecified atom stereocenters. The number of aliphatic hydroxyl groups excluding tert-OH is 1. The molecule has 2 heterocycles. The first kappa shape index (κ1) is 16.7. The molecule has 2 aromatic heterocycles. The summed E-state index contributed by atoms with van der Waals surface area (Å²) in [6.07, 6.45) is 1.67. The molecule has 2 N–H and O–H groups in total. The number of allylic oxidation sites excluding steroid dienone is 1. The molecule has 5 heteroatoms. The van der Waals surface area contributed by atoms with Gasteiger partial charge in [-0.2, -0.15) is 0 Å². The lowest BCUT2D eigenvalue weighted by atomic mass is 9.99. The third kappa shape index (κ3) is 3.11. The Morgan fingerprint density at radius 1 is 0.926 bits per heavy atom. The maximum atomic E-state index is 13.2. The number of carbonyl (C=O) groups excluding carboxylic acids is 1. The normalized spacial score (nSPS) is 12.0. The Kier molecular flexibility index (Phi) is 4.26. The summed E-state index contributed by atoms with van der Waals surface area (Å²) < 4.78 is 0. The van der Waals surface area contributed by atoms with Gasteiger partial charge in [0.25, 0.3) is 0 Å². The molecule has 132 valence electrons. The predicted octanol–water partition coefficient (Wildman–Crippen LogP) is 4.58. The second kappa shape index (κ2) is 6.88. The summed E-state index contributed by atoms with van der Waals surface area (Å²) in [7, 11) is 0. The molecule has 0 aliphatic heterocycles. The number of nitrogens with one attached hydrogen (secondary N) is 1. The van der Waals surface area contributed by atoms with Crippen molar-refractivity contribution in [1.82, 2.24) is 15.0 Å². The number of hydrogen-bond donors (Lipinski definition) is 2. The lowest BCUT2D eigenvalue weighted by molar-refractivity contribution is 0.105. The summed E-state index contributed by atoms with van der Waals surface area (Å²) in [6.45, 7) is 1.94. The lowest BCUT2D eigenvalue weighted by Crippen LogP contribution is -2.07. The molecule has 0 saturated carbocycles. The van der Waals surface area contributed by atoms with Gasteiger partial charge in [0.1, 0.15) is 17.2 Å². The van der Waals surface area contributed by atoms with Gasteiger partial charge < -0.3 is 10.1 Å². The van der Waals surface area contributed by atoms with E-state index in [1.165, 1.54) is 0 Å². The van der Waals surface area contributed by atoms with Gasteiger partial charge >= 0.3 is 0 Å². The van der Waals surface area contributed by atoms with E-state index in [2.05, 4.69) is 15.0 Å². The molecule has 0 bridgehead atoms. The molecule has 0 amide bonds. The van der Waals surface area contributed by atoms with E-state index in [9.17, 15) is 9.90 Å². The van der Waals surface area contributed by atoms with Crippen LogP contribution in [0, 0.1) is 6.92 Å². The van der Waals surface area contributed by atoms with Crippen LogP contribution in [-0.4, -0.2) is 25.8 Å². The zero-order valence-electron chi connectivity index (χ0n) is 14.7. The topological polar surface area (TPSA) is 78.9 Å². The lowest BCUT2D eigenvalue weighted by Gasteiger charge is -2.09. The van der Waals surface area contributed by atoms with E-state index in [1.54, 1.807) is 54.7 Å². The van der Waals surface area contributed by atoms with E-state index in [0.717, 1.165) is 11.1 Å². The monoisotopic (exact) mass is 355 g/mol. The number of fused-ring (bicyclic) bond motifs is 1. The van der Waals surface area contributed by atoms with Crippen molar-refractivity contribution in [3.63, 3.8) is 0 Å². The minimum atomic E-state index is -0.311. The highest BCUT2D eigenvalue weighted by atomic mass is 16.3. The summed E-state index contributed by atoms with van der Waals surface area (Å²) in [5.41, 5.74) is 3.34. The number of nitrogens with zero attached hydrogens (tertiary/aromatic N) is 2. The summed E-state index contributed by atoms with van der Waals surface area (Å²) >= 11 is 0. The van der Waals surface area contributed by atoms with Gasteiger partial charge in [-0.05, 0) is 18.6 Å². The van der Waals surface area contributed by atoms with E-state index in [-0.39, 0.29) is 17.1 Å².